The van der Waals surface area contributed by atoms with Crippen molar-refractivity contribution in [3.63, 3.8) is 0 Å². The first kappa shape index (κ1) is 18.4. The molecule has 0 amide bonds. The summed E-state index contributed by atoms with van der Waals surface area (Å²) < 4.78 is 6.67. The lowest BCUT2D eigenvalue weighted by Crippen LogP contribution is -2.32. The van der Waals surface area contributed by atoms with Gasteiger partial charge in [-0.05, 0) is 15.9 Å². The van der Waals surface area contributed by atoms with Gasteiger partial charge in [-0.1, -0.05) is 0 Å². The van der Waals surface area contributed by atoms with E-state index in [9.17, 15) is 14.7 Å². The Kier molecular flexibility index (Phi) is 7.10. The minimum absolute atomic E-state index is 0.184. The Balaban J connectivity index is 0.000000491. The minimum atomic E-state index is -2.12. The number of aromatic amines is 1. The lowest BCUT2D eigenvalue weighted by Gasteiger charge is -2.14. The molecule has 1 saturated heterocycles. The van der Waals surface area contributed by atoms with Crippen molar-refractivity contribution in [3.05, 3.63) is 31.5 Å². The number of nitrogens with one attached hydrogen (secondary N) is 1. The quantitative estimate of drug-likeness (QED) is 0.319. The van der Waals surface area contributed by atoms with Gasteiger partial charge in [-0.3, -0.25) is 19.8 Å². The highest BCUT2D eigenvalue weighted by atomic mass is 79.9. The van der Waals surface area contributed by atoms with Gasteiger partial charge in [-0.2, -0.15) is 0 Å². The lowest BCUT2D eigenvalue weighted by molar-refractivity contribution is -0.0459. The van der Waals surface area contributed by atoms with Crippen LogP contribution in [0.4, 0.5) is 0 Å². The third-order valence-corrected chi connectivity index (χ3v) is 3.18. The maximum Gasteiger partial charge on any atom is 0.330 e. The van der Waals surface area contributed by atoms with Crippen LogP contribution in [-0.2, 0) is 4.74 Å². The zero-order valence-corrected chi connectivity index (χ0v) is 13.1. The van der Waals surface area contributed by atoms with E-state index in [1.54, 1.807) is 0 Å². The second-order valence-electron chi connectivity index (χ2n) is 4.08. The van der Waals surface area contributed by atoms with E-state index in [0.717, 1.165) is 0 Å². The van der Waals surface area contributed by atoms with Crippen molar-refractivity contribution >= 4 is 24.5 Å². The van der Waals surface area contributed by atoms with E-state index in [2.05, 4.69) is 26.4 Å². The first-order chi connectivity index (χ1) is 9.76. The minimum Gasteiger partial charge on any atom is -0.394 e. The summed E-state index contributed by atoms with van der Waals surface area (Å²) in [7, 11) is -2.12. The maximum atomic E-state index is 11.5. The van der Waals surface area contributed by atoms with Crippen molar-refractivity contribution in [2.45, 2.75) is 24.9 Å². The molecule has 120 valence electrons. The summed E-state index contributed by atoms with van der Waals surface area (Å²) in [5.74, 6) is 0. The number of aromatic nitrogens is 2. The monoisotopic (exact) mass is 387 g/mol. The van der Waals surface area contributed by atoms with Gasteiger partial charge in [0.05, 0.1) is 17.2 Å². The van der Waals surface area contributed by atoms with Crippen LogP contribution in [0.3, 0.4) is 0 Å². The smallest absolute Gasteiger partial charge is 0.330 e. The van der Waals surface area contributed by atoms with Gasteiger partial charge in [0.2, 0.25) is 8.53 Å². The van der Waals surface area contributed by atoms with Crippen molar-refractivity contribution in [2.75, 3.05) is 6.61 Å². The number of aliphatic hydroxyl groups is 2. The predicted octanol–water partition coefficient (Wildman–Crippen LogP) is -1.90. The highest BCUT2D eigenvalue weighted by Gasteiger charge is 2.35. The third-order valence-electron chi connectivity index (χ3n) is 2.62. The van der Waals surface area contributed by atoms with Crippen LogP contribution in [0.2, 0.25) is 0 Å². The van der Waals surface area contributed by atoms with Crippen molar-refractivity contribution in [3.8, 4) is 0 Å². The zero-order valence-electron chi connectivity index (χ0n) is 10.6. The van der Waals surface area contributed by atoms with Gasteiger partial charge in [0.1, 0.15) is 12.3 Å². The van der Waals surface area contributed by atoms with Gasteiger partial charge >= 0.3 is 5.69 Å². The molecule has 3 atom stereocenters. The van der Waals surface area contributed by atoms with Crippen LogP contribution in [-0.4, -0.2) is 48.4 Å². The summed E-state index contributed by atoms with van der Waals surface area (Å²) in [6.07, 6.45) is -0.745. The van der Waals surface area contributed by atoms with E-state index < -0.39 is 38.2 Å². The summed E-state index contributed by atoms with van der Waals surface area (Å²) in [6.45, 7) is -0.322. The number of nitrogens with zero attached hydrogens (tertiary/aromatic N) is 1. The van der Waals surface area contributed by atoms with Crippen molar-refractivity contribution in [1.29, 1.82) is 0 Å². The molecule has 10 nitrogen and oxygen atoms in total. The van der Waals surface area contributed by atoms with Crippen LogP contribution in [0.1, 0.15) is 12.6 Å². The van der Waals surface area contributed by atoms with Crippen molar-refractivity contribution in [1.82, 2.24) is 9.55 Å². The molecule has 1 aromatic heterocycles. The van der Waals surface area contributed by atoms with Crippen molar-refractivity contribution in [2.24, 2.45) is 5.50 Å². The van der Waals surface area contributed by atoms with Gasteiger partial charge in [0, 0.05) is 12.6 Å². The van der Waals surface area contributed by atoms with E-state index in [0.29, 0.717) is 0 Å². The molecule has 2 heterocycles. The maximum absolute atomic E-state index is 11.5. The molecule has 1 aliphatic heterocycles. The van der Waals surface area contributed by atoms with Gasteiger partial charge in [0.25, 0.3) is 5.56 Å². The number of rotatable bonds is 2. The lowest BCUT2D eigenvalue weighted by atomic mass is 10.2. The molecule has 21 heavy (non-hydrogen) atoms. The molecule has 0 spiro atoms. The summed E-state index contributed by atoms with van der Waals surface area (Å²) in [5, 5.41) is 18.5. The Hall–Kier alpha value is -0.650. The highest BCUT2D eigenvalue weighted by Crippen LogP contribution is 2.27. The van der Waals surface area contributed by atoms with E-state index in [-0.39, 0.29) is 17.5 Å². The largest absolute Gasteiger partial charge is 0.394 e. The normalized spacial score (nSPS) is 24.8. The Morgan fingerprint density at radius 2 is 2.10 bits per heavy atom. The fourth-order valence-corrected chi connectivity index (χ4v) is 2.04. The van der Waals surface area contributed by atoms with Gasteiger partial charge in [-0.25, -0.2) is 4.79 Å². The molecule has 0 saturated carbocycles. The number of H-pyrrole nitrogens is 1. The number of nitrogens with two attached hydrogens (primary N) is 1. The molecule has 0 radical (unpaired) electrons. The van der Waals surface area contributed by atoms with Crippen LogP contribution in [0.5, 0.6) is 0 Å². The molecule has 0 bridgehead atoms. The molecule has 0 unspecified atom stereocenters. The third kappa shape index (κ3) is 5.24. The molecule has 1 aliphatic rings. The Labute approximate surface area is 127 Å². The van der Waals surface area contributed by atoms with Crippen molar-refractivity contribution < 1.29 is 24.7 Å². The summed E-state index contributed by atoms with van der Waals surface area (Å²) in [6, 6.07) is 0. The number of halogens is 1. The second-order valence-corrected chi connectivity index (χ2v) is 5.57. The van der Waals surface area contributed by atoms with E-state index in [1.807, 2.05) is 0 Å². The Morgan fingerprint density at radius 1 is 1.52 bits per heavy atom. The first-order valence-corrected chi connectivity index (χ1v) is 7.75. The fourth-order valence-electron chi connectivity index (χ4n) is 1.72. The molecular weight excluding hydrogens is 373 g/mol. The highest BCUT2D eigenvalue weighted by molar-refractivity contribution is 9.10. The number of ether oxygens (including phenoxy) is 1. The van der Waals surface area contributed by atoms with E-state index in [4.69, 9.17) is 19.6 Å². The van der Waals surface area contributed by atoms with Gasteiger partial charge in [-0.15, -0.1) is 0 Å². The van der Waals surface area contributed by atoms with E-state index in [1.165, 1.54) is 10.8 Å². The molecule has 1 fully saturated rings. The summed E-state index contributed by atoms with van der Waals surface area (Å²) in [4.78, 5) is 39.7. The second kappa shape index (κ2) is 8.11. The zero-order chi connectivity index (χ0) is 16.2. The van der Waals surface area contributed by atoms with E-state index >= 15 is 0 Å². The molecule has 7 N–H and O–H groups in total. The van der Waals surface area contributed by atoms with Crippen LogP contribution in [0.15, 0.2) is 20.3 Å². The fraction of sp³-hybridized carbons (Fsp3) is 0.556. The van der Waals surface area contributed by atoms with Crippen LogP contribution in [0.25, 0.3) is 0 Å². The van der Waals surface area contributed by atoms with Crippen LogP contribution < -0.4 is 16.8 Å². The summed E-state index contributed by atoms with van der Waals surface area (Å²) >= 11 is 3.00. The van der Waals surface area contributed by atoms with Crippen LogP contribution >= 0.6 is 24.5 Å². The molecule has 2 rings (SSSR count). The molecule has 1 aromatic rings. The van der Waals surface area contributed by atoms with Crippen LogP contribution in [0, 0.1) is 0 Å². The predicted molar refractivity (Wildman–Crippen MR) is 76.2 cm³/mol. The molecule has 12 heteroatoms. The molecule has 0 aromatic carbocycles. The number of aliphatic hydroxyl groups excluding tert-OH is 2. The molecule has 0 aliphatic carbocycles. The van der Waals surface area contributed by atoms with Gasteiger partial charge < -0.3 is 24.7 Å². The topological polar surface area (TPSA) is 171 Å². The molecular formula is C9H15BrN3O7P. The Morgan fingerprint density at radius 3 is 2.57 bits per heavy atom. The standard InChI is InChI=1S/C9H11BrN2O5.H4NO2P/c10-4-2-12(9(16)11-8(4)15)7-1-5(14)6(3-13)17-7;1-4(2)3/h2,5-7,13-14H,1,3H2,(H,11,15,16);2-3H,1H2/t5-,6+,7+;/m0./s1. The first-order valence-electron chi connectivity index (χ1n) is 5.64. The SMILES string of the molecule is NP(O)O.O=c1[nH]c(=O)n([C@H]2C[C@H](O)[C@@H](CO)O2)cc1Br. The number of hydrogen-bond donors (Lipinski definition) is 6. The summed E-state index contributed by atoms with van der Waals surface area (Å²) in [5.41, 5.74) is 3.15. The number of hydrogen-bond acceptors (Lipinski definition) is 8. The average molecular weight is 388 g/mol. The average Bonchev–Trinajstić information content (AvgIpc) is 2.74. The van der Waals surface area contributed by atoms with Gasteiger partial charge in [0.15, 0.2) is 0 Å². The Bertz CT molecular complexity index is 574.